The molecule has 1 atom stereocenters. The quantitative estimate of drug-likeness (QED) is 0.813. The first-order chi connectivity index (χ1) is 9.19. The van der Waals surface area contributed by atoms with Crippen LogP contribution in [0, 0.1) is 11.3 Å². The van der Waals surface area contributed by atoms with Crippen molar-refractivity contribution in [3.8, 4) is 6.07 Å². The molecule has 3 nitrogen and oxygen atoms in total. The van der Waals surface area contributed by atoms with Gasteiger partial charge in [-0.25, -0.2) is 0 Å². The lowest BCUT2D eigenvalue weighted by Crippen LogP contribution is -2.15. The zero-order chi connectivity index (χ0) is 13.4. The van der Waals surface area contributed by atoms with Gasteiger partial charge in [-0.2, -0.15) is 5.26 Å². The van der Waals surface area contributed by atoms with E-state index in [9.17, 15) is 0 Å². The summed E-state index contributed by atoms with van der Waals surface area (Å²) in [4.78, 5) is 4.46. The minimum atomic E-state index is -0.214. The van der Waals surface area contributed by atoms with Crippen molar-refractivity contribution < 1.29 is 0 Å². The van der Waals surface area contributed by atoms with Crippen molar-refractivity contribution >= 4 is 15.9 Å². The lowest BCUT2D eigenvalue weighted by atomic mass is 9.97. The molecular weight excluding hydrogens is 302 g/mol. The molecule has 0 radical (unpaired) electrons. The van der Waals surface area contributed by atoms with Gasteiger partial charge in [-0.3, -0.25) is 4.98 Å². The number of aryl methyl sites for hydroxylation is 2. The van der Waals surface area contributed by atoms with Gasteiger partial charge in [-0.05, 0) is 63.7 Å². The number of nitriles is 1. The first kappa shape index (κ1) is 12.3. The van der Waals surface area contributed by atoms with Crippen molar-refractivity contribution in [1.82, 2.24) is 4.98 Å². The van der Waals surface area contributed by atoms with E-state index in [0.717, 1.165) is 34.1 Å². The van der Waals surface area contributed by atoms with E-state index in [4.69, 9.17) is 11.0 Å². The molecule has 0 aliphatic heterocycles. The molecule has 1 aliphatic carbocycles. The molecule has 0 saturated heterocycles. The van der Waals surface area contributed by atoms with Crippen LogP contribution in [-0.4, -0.2) is 4.98 Å². The van der Waals surface area contributed by atoms with Crippen LogP contribution in [-0.2, 0) is 12.8 Å². The van der Waals surface area contributed by atoms with E-state index in [1.807, 2.05) is 18.2 Å². The molecule has 0 amide bonds. The SMILES string of the molecule is N#Cc1ccc2c(c1)CCc1cc(Br)cnc1[C@H]2N. The van der Waals surface area contributed by atoms with Crippen LogP contribution in [0.5, 0.6) is 0 Å². The predicted molar refractivity (Wildman–Crippen MR) is 76.5 cm³/mol. The third-order valence-electron chi connectivity index (χ3n) is 3.53. The Bertz CT molecular complexity index is 688. The Morgan fingerprint density at radius 2 is 2.05 bits per heavy atom. The van der Waals surface area contributed by atoms with E-state index in [1.165, 1.54) is 5.56 Å². The first-order valence-electron chi connectivity index (χ1n) is 6.12. The first-order valence-corrected chi connectivity index (χ1v) is 6.91. The molecule has 3 rings (SSSR count). The molecule has 4 heteroatoms. The summed E-state index contributed by atoms with van der Waals surface area (Å²) in [6.45, 7) is 0. The maximum absolute atomic E-state index is 8.99. The van der Waals surface area contributed by atoms with Crippen molar-refractivity contribution in [3.63, 3.8) is 0 Å². The van der Waals surface area contributed by atoms with Gasteiger partial charge in [0.25, 0.3) is 0 Å². The highest BCUT2D eigenvalue weighted by atomic mass is 79.9. The summed E-state index contributed by atoms with van der Waals surface area (Å²) in [6, 6.07) is 9.77. The monoisotopic (exact) mass is 313 g/mol. The lowest BCUT2D eigenvalue weighted by Gasteiger charge is -2.14. The van der Waals surface area contributed by atoms with Gasteiger partial charge < -0.3 is 5.73 Å². The number of aromatic nitrogens is 1. The molecule has 0 spiro atoms. The van der Waals surface area contributed by atoms with Gasteiger partial charge in [0.05, 0.1) is 23.4 Å². The predicted octanol–water partition coefficient (Wildman–Crippen LogP) is 2.86. The van der Waals surface area contributed by atoms with E-state index < -0.39 is 0 Å². The number of nitrogens with two attached hydrogens (primary N) is 1. The largest absolute Gasteiger partial charge is 0.319 e. The van der Waals surface area contributed by atoms with Gasteiger partial charge in [-0.1, -0.05) is 6.07 Å². The van der Waals surface area contributed by atoms with Gasteiger partial charge in [-0.15, -0.1) is 0 Å². The van der Waals surface area contributed by atoms with Gasteiger partial charge in [0.15, 0.2) is 0 Å². The maximum Gasteiger partial charge on any atom is 0.0991 e. The molecule has 1 aliphatic rings. The molecule has 0 bridgehead atoms. The topological polar surface area (TPSA) is 62.7 Å². The third-order valence-corrected chi connectivity index (χ3v) is 3.97. The van der Waals surface area contributed by atoms with Crippen molar-refractivity contribution in [1.29, 1.82) is 5.26 Å². The van der Waals surface area contributed by atoms with Crippen molar-refractivity contribution in [3.05, 3.63) is 62.9 Å². The van der Waals surface area contributed by atoms with Crippen molar-refractivity contribution in [2.45, 2.75) is 18.9 Å². The number of hydrogen-bond acceptors (Lipinski definition) is 3. The van der Waals surface area contributed by atoms with Gasteiger partial charge in [0, 0.05) is 10.7 Å². The second-order valence-corrected chi connectivity index (χ2v) is 5.62. The standard InChI is InChI=1S/C15H12BrN3/c16-12-6-11-3-2-10-5-9(7-17)1-4-13(10)14(18)15(11)19-8-12/h1,4-6,8,14H,2-3,18H2/t14-/m0/s1. The Labute approximate surface area is 120 Å². The number of benzene rings is 1. The number of rotatable bonds is 0. The van der Waals surface area contributed by atoms with Gasteiger partial charge in [0.1, 0.15) is 0 Å². The van der Waals surface area contributed by atoms with Crippen LogP contribution in [0.4, 0.5) is 0 Å². The Morgan fingerprint density at radius 1 is 1.26 bits per heavy atom. The van der Waals surface area contributed by atoms with Crippen molar-refractivity contribution in [2.24, 2.45) is 5.73 Å². The smallest absolute Gasteiger partial charge is 0.0991 e. The summed E-state index contributed by atoms with van der Waals surface area (Å²) in [7, 11) is 0. The number of pyridine rings is 1. The molecule has 2 N–H and O–H groups in total. The Balaban J connectivity index is 2.14. The summed E-state index contributed by atoms with van der Waals surface area (Å²) >= 11 is 3.45. The van der Waals surface area contributed by atoms with E-state index in [-0.39, 0.29) is 6.04 Å². The molecule has 2 aromatic rings. The van der Waals surface area contributed by atoms with Crippen molar-refractivity contribution in [2.75, 3.05) is 0 Å². The van der Waals surface area contributed by atoms with Gasteiger partial charge >= 0.3 is 0 Å². The number of hydrogen-bond donors (Lipinski definition) is 1. The zero-order valence-corrected chi connectivity index (χ0v) is 11.8. The lowest BCUT2D eigenvalue weighted by molar-refractivity contribution is 0.818. The normalized spacial score (nSPS) is 17.0. The Morgan fingerprint density at radius 3 is 2.84 bits per heavy atom. The van der Waals surface area contributed by atoms with Crippen LogP contribution in [0.25, 0.3) is 0 Å². The zero-order valence-electron chi connectivity index (χ0n) is 10.2. The Hall–Kier alpha value is -1.70. The van der Waals surface area contributed by atoms with E-state index in [0.29, 0.717) is 5.56 Å². The third kappa shape index (κ3) is 2.16. The summed E-state index contributed by atoms with van der Waals surface area (Å²) in [5, 5.41) is 8.99. The summed E-state index contributed by atoms with van der Waals surface area (Å²) in [6.07, 6.45) is 3.58. The number of halogens is 1. The van der Waals surface area contributed by atoms with Crippen LogP contribution in [0.15, 0.2) is 34.9 Å². The van der Waals surface area contributed by atoms with Gasteiger partial charge in [0.2, 0.25) is 0 Å². The highest BCUT2D eigenvalue weighted by Gasteiger charge is 2.22. The van der Waals surface area contributed by atoms with Crippen LogP contribution in [0.2, 0.25) is 0 Å². The molecule has 1 aromatic heterocycles. The Kier molecular flexibility index (Phi) is 3.09. The molecule has 19 heavy (non-hydrogen) atoms. The summed E-state index contributed by atoms with van der Waals surface area (Å²) < 4.78 is 0.974. The van der Waals surface area contributed by atoms with Crippen LogP contribution in [0.1, 0.15) is 34.0 Å². The van der Waals surface area contributed by atoms with E-state index >= 15 is 0 Å². The molecule has 94 valence electrons. The highest BCUT2D eigenvalue weighted by molar-refractivity contribution is 9.10. The average molecular weight is 314 g/mol. The molecule has 1 heterocycles. The van der Waals surface area contributed by atoms with Crippen LogP contribution < -0.4 is 5.73 Å². The van der Waals surface area contributed by atoms with Crippen LogP contribution in [0.3, 0.4) is 0 Å². The maximum atomic E-state index is 8.99. The fraction of sp³-hybridized carbons (Fsp3) is 0.200. The summed E-state index contributed by atoms with van der Waals surface area (Å²) in [5.74, 6) is 0. The molecule has 1 aromatic carbocycles. The fourth-order valence-corrected chi connectivity index (χ4v) is 2.96. The highest BCUT2D eigenvalue weighted by Crippen LogP contribution is 2.31. The molecular formula is C15H12BrN3. The molecule has 0 unspecified atom stereocenters. The number of fused-ring (bicyclic) bond motifs is 2. The minimum absolute atomic E-state index is 0.214. The second kappa shape index (κ2) is 4.76. The molecule has 0 fully saturated rings. The average Bonchev–Trinajstić information content (AvgIpc) is 2.56. The summed E-state index contributed by atoms with van der Waals surface area (Å²) in [5.41, 5.74) is 11.4. The number of nitrogens with zero attached hydrogens (tertiary/aromatic N) is 2. The molecule has 0 saturated carbocycles. The van der Waals surface area contributed by atoms with E-state index in [2.05, 4.69) is 33.0 Å². The van der Waals surface area contributed by atoms with E-state index in [1.54, 1.807) is 6.20 Å². The fourth-order valence-electron chi connectivity index (χ4n) is 2.58. The van der Waals surface area contributed by atoms with Crippen LogP contribution >= 0.6 is 15.9 Å². The minimum Gasteiger partial charge on any atom is -0.319 e. The second-order valence-electron chi connectivity index (χ2n) is 4.70.